The topological polar surface area (TPSA) is 97.5 Å². The number of hydrogen-bond donors (Lipinski definition) is 2. The average Bonchev–Trinajstić information content (AvgIpc) is 3.22. The summed E-state index contributed by atoms with van der Waals surface area (Å²) in [4.78, 5) is 19.1. The number of carbonyl (C=O) groups is 1. The summed E-state index contributed by atoms with van der Waals surface area (Å²) in [6, 6.07) is 23.0. The number of pyridine rings is 2. The van der Waals surface area contributed by atoms with Gasteiger partial charge in [-0.05, 0) is 43.8 Å². The number of hydrogen-bond acceptors (Lipinski definition) is 6. The Balaban J connectivity index is 0.000000422. The number of aliphatic hydroxyl groups is 2. The molecule has 0 aliphatic rings. The van der Waals surface area contributed by atoms with Crippen LogP contribution >= 0.6 is 0 Å². The molecule has 0 atom stereocenters. The summed E-state index contributed by atoms with van der Waals surface area (Å²) >= 11 is 0. The van der Waals surface area contributed by atoms with Crippen molar-refractivity contribution in [1.29, 1.82) is 0 Å². The number of ether oxygens (including phenoxy) is 1. The van der Waals surface area contributed by atoms with Gasteiger partial charge < -0.3 is 24.5 Å². The maximum Gasteiger partial charge on any atom is 0.155 e. The van der Waals surface area contributed by atoms with Crippen LogP contribution in [-0.4, -0.2) is 37.6 Å². The van der Waals surface area contributed by atoms with Gasteiger partial charge in [-0.2, -0.15) is 0 Å². The first-order valence-electron chi connectivity index (χ1n) is 11.3. The minimum Gasteiger partial charge on any atom is -0.540 e. The van der Waals surface area contributed by atoms with Crippen LogP contribution in [0.1, 0.15) is 19.4 Å². The van der Waals surface area contributed by atoms with Crippen LogP contribution in [0.2, 0.25) is 0 Å². The first kappa shape index (κ1) is 27.7. The average molecular weight is 673 g/mol. The molecule has 0 aliphatic carbocycles. The van der Waals surface area contributed by atoms with Crippen molar-refractivity contribution in [3.8, 4) is 22.7 Å². The second-order valence-electron chi connectivity index (χ2n) is 8.12. The van der Waals surface area contributed by atoms with Crippen molar-refractivity contribution >= 4 is 27.7 Å². The van der Waals surface area contributed by atoms with E-state index in [2.05, 4.69) is 38.8 Å². The molecule has 5 aromatic rings. The number of rotatable bonds is 5. The molecule has 2 aromatic carbocycles. The Morgan fingerprint density at radius 3 is 2.49 bits per heavy atom. The number of para-hydroxylation sites is 1. The maximum atomic E-state index is 10.0. The summed E-state index contributed by atoms with van der Waals surface area (Å²) < 4.78 is 7.44. The molecule has 0 saturated carbocycles. The predicted molar refractivity (Wildman–Crippen MR) is 140 cm³/mol. The molecule has 2 N–H and O–H groups in total. The molecular formula is C29H26IrN3O4-. The first-order chi connectivity index (χ1) is 17.4. The minimum atomic E-state index is -0.125. The Hall–Kier alpha value is -3.84. The van der Waals surface area contributed by atoms with Gasteiger partial charge in [0.25, 0.3) is 0 Å². The third kappa shape index (κ3) is 6.12. The second kappa shape index (κ2) is 12.4. The van der Waals surface area contributed by atoms with E-state index in [9.17, 15) is 9.90 Å². The Kier molecular flexibility index (Phi) is 9.31. The van der Waals surface area contributed by atoms with Gasteiger partial charge in [-0.15, -0.1) is 17.7 Å². The van der Waals surface area contributed by atoms with Crippen molar-refractivity contribution in [2.45, 2.75) is 20.5 Å². The van der Waals surface area contributed by atoms with Crippen molar-refractivity contribution in [3.05, 3.63) is 96.5 Å². The van der Waals surface area contributed by atoms with Crippen LogP contribution in [-0.2, 0) is 31.5 Å². The van der Waals surface area contributed by atoms with Crippen LogP contribution in [0.25, 0.3) is 38.9 Å². The molecule has 1 radical (unpaired) electrons. The molecule has 191 valence electrons. The number of carbonyl (C=O) groups excluding carboxylic acids is 1. The molecule has 5 rings (SSSR count). The van der Waals surface area contributed by atoms with Gasteiger partial charge in [0, 0.05) is 62.0 Å². The van der Waals surface area contributed by atoms with Gasteiger partial charge in [-0.25, -0.2) is 0 Å². The normalized spacial score (nSPS) is 11.0. The molecule has 0 spiro atoms. The van der Waals surface area contributed by atoms with E-state index >= 15 is 0 Å². The van der Waals surface area contributed by atoms with E-state index in [1.54, 1.807) is 19.4 Å². The second-order valence-corrected chi connectivity index (χ2v) is 8.12. The fourth-order valence-electron chi connectivity index (χ4n) is 4.05. The van der Waals surface area contributed by atoms with Crippen LogP contribution < -0.4 is 4.74 Å². The largest absolute Gasteiger partial charge is 0.540 e. The molecule has 3 aromatic heterocycles. The number of benzene rings is 2. The van der Waals surface area contributed by atoms with E-state index in [4.69, 9.17) is 9.84 Å². The van der Waals surface area contributed by atoms with E-state index in [1.165, 1.54) is 19.9 Å². The summed E-state index contributed by atoms with van der Waals surface area (Å²) in [7, 11) is 1.60. The van der Waals surface area contributed by atoms with Crippen molar-refractivity contribution in [2.24, 2.45) is 0 Å². The molecule has 7 nitrogen and oxygen atoms in total. The molecule has 37 heavy (non-hydrogen) atoms. The Labute approximate surface area is 228 Å². The SMILES string of the molecule is CC(=O)/C=C(/C)O.COc1c[c-]c(-c2cc(-n3c4ccccc4c4ncccc43)ccn2)c(CO)c1.[Ir]. The van der Waals surface area contributed by atoms with Gasteiger partial charge in [0.15, 0.2) is 5.78 Å². The van der Waals surface area contributed by atoms with Crippen molar-refractivity contribution in [2.75, 3.05) is 7.11 Å². The number of methoxy groups -OCH3 is 1. The van der Waals surface area contributed by atoms with E-state index in [-0.39, 0.29) is 38.3 Å². The first-order valence-corrected chi connectivity index (χ1v) is 11.3. The summed E-state index contributed by atoms with van der Waals surface area (Å²) in [6.07, 6.45) is 4.76. The van der Waals surface area contributed by atoms with Gasteiger partial charge in [0.2, 0.25) is 0 Å². The third-order valence-corrected chi connectivity index (χ3v) is 5.50. The molecule has 0 saturated heterocycles. The molecule has 3 heterocycles. The zero-order valence-corrected chi connectivity index (χ0v) is 23.0. The molecule has 0 fully saturated rings. The van der Waals surface area contributed by atoms with Gasteiger partial charge >= 0.3 is 0 Å². The monoisotopic (exact) mass is 673 g/mol. The van der Waals surface area contributed by atoms with Crippen LogP contribution in [0.5, 0.6) is 5.75 Å². The molecule has 0 unspecified atom stereocenters. The summed E-state index contributed by atoms with van der Waals surface area (Å²) in [5.41, 5.74) is 6.28. The summed E-state index contributed by atoms with van der Waals surface area (Å²) in [6.45, 7) is 2.73. The molecule has 0 bridgehead atoms. The Morgan fingerprint density at radius 2 is 1.81 bits per heavy atom. The van der Waals surface area contributed by atoms with E-state index < -0.39 is 0 Å². The fourth-order valence-corrected chi connectivity index (χ4v) is 4.05. The maximum absolute atomic E-state index is 10.0. The smallest absolute Gasteiger partial charge is 0.155 e. The van der Waals surface area contributed by atoms with Crippen LogP contribution in [0.15, 0.2) is 84.9 Å². The van der Waals surface area contributed by atoms with Crippen LogP contribution in [0.3, 0.4) is 0 Å². The predicted octanol–water partition coefficient (Wildman–Crippen LogP) is 5.58. The summed E-state index contributed by atoms with van der Waals surface area (Å²) in [5.74, 6) is 0.593. The zero-order chi connectivity index (χ0) is 25.7. The van der Waals surface area contributed by atoms with Gasteiger partial charge in [-0.3, -0.25) is 9.78 Å². The molecular weight excluding hydrogens is 647 g/mol. The van der Waals surface area contributed by atoms with Gasteiger partial charge in [0.1, 0.15) is 0 Å². The minimum absolute atomic E-state index is 0. The molecule has 0 amide bonds. The van der Waals surface area contributed by atoms with Crippen molar-refractivity contribution in [1.82, 2.24) is 14.5 Å². The fraction of sp³-hybridized carbons (Fsp3) is 0.138. The number of nitrogens with zero attached hydrogens (tertiary/aromatic N) is 3. The quantitative estimate of drug-likeness (QED) is 0.144. The number of aromatic nitrogens is 3. The Morgan fingerprint density at radius 1 is 1.05 bits per heavy atom. The van der Waals surface area contributed by atoms with Gasteiger partial charge in [0.05, 0.1) is 29.4 Å². The number of ketones is 1. The van der Waals surface area contributed by atoms with Crippen molar-refractivity contribution in [3.63, 3.8) is 0 Å². The van der Waals surface area contributed by atoms with Crippen LogP contribution in [0.4, 0.5) is 0 Å². The van der Waals surface area contributed by atoms with E-state index in [1.807, 2.05) is 42.6 Å². The van der Waals surface area contributed by atoms with Crippen molar-refractivity contribution < 1.29 is 39.8 Å². The number of aliphatic hydroxyl groups excluding tert-OH is 2. The molecule has 0 aliphatic heterocycles. The van der Waals surface area contributed by atoms with E-state index in [0.717, 1.165) is 44.4 Å². The third-order valence-electron chi connectivity index (χ3n) is 5.50. The van der Waals surface area contributed by atoms with Crippen LogP contribution in [0, 0.1) is 6.07 Å². The summed E-state index contributed by atoms with van der Waals surface area (Å²) in [5, 5.41) is 19.3. The zero-order valence-electron chi connectivity index (χ0n) is 20.6. The standard InChI is InChI=1S/C24H18N3O2.C5H8O2.Ir/c1-29-18-8-9-19(16(13-18)15-28)21-14-17(10-12-25-21)27-22-6-3-2-5-20(22)24-23(27)7-4-11-26-24;1-4(6)3-5(2)7;/h2-8,10-14,28H,15H2,1H3;3,6H,1-2H3;/q-1;;/b;4-3-;. The molecule has 8 heteroatoms. The number of allylic oxidation sites excluding steroid dienone is 2. The Bertz CT molecular complexity index is 1520. The van der Waals surface area contributed by atoms with E-state index in [0.29, 0.717) is 5.75 Å². The number of fused-ring (bicyclic) bond motifs is 3. The van der Waals surface area contributed by atoms with Gasteiger partial charge in [-0.1, -0.05) is 35.9 Å².